The van der Waals surface area contributed by atoms with Gasteiger partial charge in [0.25, 0.3) is 5.69 Å². The number of hydrogen-bond donors (Lipinski definition) is 3. The molecule has 1 atom stereocenters. The van der Waals surface area contributed by atoms with E-state index < -0.39 is 14.9 Å². The predicted octanol–water partition coefficient (Wildman–Crippen LogP) is -0.0524. The van der Waals surface area contributed by atoms with Crippen molar-refractivity contribution in [2.45, 2.75) is 17.4 Å². The number of nitrogens with one attached hydrogen (secondary N) is 2. The van der Waals surface area contributed by atoms with E-state index >= 15 is 0 Å². The first-order valence-corrected chi connectivity index (χ1v) is 7.27. The highest BCUT2D eigenvalue weighted by Crippen LogP contribution is 2.26. The van der Waals surface area contributed by atoms with Crippen LogP contribution in [0.25, 0.3) is 0 Å². The SMILES string of the molecule is NNc1cc([N+](=O)[O-])ccc1S(=O)(=O)NC1CCOC1. The molecule has 20 heavy (non-hydrogen) atoms. The van der Waals surface area contributed by atoms with Crippen molar-refractivity contribution >= 4 is 21.4 Å². The highest BCUT2D eigenvalue weighted by atomic mass is 32.2. The number of nitrogen functional groups attached to an aromatic ring is 1. The molecule has 0 saturated carbocycles. The van der Waals surface area contributed by atoms with Gasteiger partial charge in [-0.3, -0.25) is 16.0 Å². The van der Waals surface area contributed by atoms with Crippen molar-refractivity contribution in [3.8, 4) is 0 Å². The first-order chi connectivity index (χ1) is 9.44. The van der Waals surface area contributed by atoms with Gasteiger partial charge in [-0.25, -0.2) is 13.1 Å². The van der Waals surface area contributed by atoms with Crippen molar-refractivity contribution in [1.82, 2.24) is 4.72 Å². The number of nitrogens with two attached hydrogens (primary N) is 1. The Morgan fingerprint density at radius 3 is 2.75 bits per heavy atom. The Bertz CT molecular complexity index is 612. The summed E-state index contributed by atoms with van der Waals surface area (Å²) in [6.45, 7) is 0.799. The third-order valence-electron chi connectivity index (χ3n) is 2.87. The Morgan fingerprint density at radius 2 is 2.20 bits per heavy atom. The minimum atomic E-state index is -3.82. The second-order valence-corrected chi connectivity index (χ2v) is 5.95. The number of anilines is 1. The second kappa shape index (κ2) is 5.71. The number of hydrogen-bond acceptors (Lipinski definition) is 7. The van der Waals surface area contributed by atoms with Crippen LogP contribution in [0.3, 0.4) is 0 Å². The quantitative estimate of drug-likeness (QED) is 0.394. The highest BCUT2D eigenvalue weighted by molar-refractivity contribution is 7.89. The van der Waals surface area contributed by atoms with Gasteiger partial charge in [-0.15, -0.1) is 0 Å². The van der Waals surface area contributed by atoms with Crippen molar-refractivity contribution in [1.29, 1.82) is 0 Å². The predicted molar refractivity (Wildman–Crippen MR) is 70.5 cm³/mol. The van der Waals surface area contributed by atoms with Crippen LogP contribution in [0.5, 0.6) is 0 Å². The molecule has 1 saturated heterocycles. The summed E-state index contributed by atoms with van der Waals surface area (Å²) < 4.78 is 32.0. The van der Waals surface area contributed by atoms with E-state index in [0.29, 0.717) is 19.6 Å². The smallest absolute Gasteiger partial charge is 0.271 e. The van der Waals surface area contributed by atoms with Gasteiger partial charge >= 0.3 is 0 Å². The Balaban J connectivity index is 2.32. The standard InChI is InChI=1S/C10H14N4O5S/c11-12-9-5-8(14(15)16)1-2-10(9)20(17,18)13-7-3-4-19-6-7/h1-2,5,7,12-13H,3-4,6,11H2. The summed E-state index contributed by atoms with van der Waals surface area (Å²) in [7, 11) is -3.82. The zero-order valence-electron chi connectivity index (χ0n) is 10.4. The minimum absolute atomic E-state index is 0.0365. The van der Waals surface area contributed by atoms with E-state index in [2.05, 4.69) is 10.1 Å². The number of hydrazine groups is 1. The highest BCUT2D eigenvalue weighted by Gasteiger charge is 2.26. The largest absolute Gasteiger partial charge is 0.380 e. The maximum atomic E-state index is 12.2. The average Bonchev–Trinajstić information content (AvgIpc) is 2.89. The van der Waals surface area contributed by atoms with Crippen LogP contribution in [0.2, 0.25) is 0 Å². The summed E-state index contributed by atoms with van der Waals surface area (Å²) in [5, 5.41) is 10.7. The fourth-order valence-corrected chi connectivity index (χ4v) is 3.30. The van der Waals surface area contributed by atoms with Crippen LogP contribution >= 0.6 is 0 Å². The molecule has 1 aromatic rings. The zero-order chi connectivity index (χ0) is 14.8. The third-order valence-corrected chi connectivity index (χ3v) is 4.45. The van der Waals surface area contributed by atoms with E-state index in [9.17, 15) is 18.5 Å². The molecule has 1 unspecified atom stereocenters. The molecule has 1 fully saturated rings. The monoisotopic (exact) mass is 302 g/mol. The molecule has 0 bridgehead atoms. The van der Waals surface area contributed by atoms with Gasteiger partial charge in [0.2, 0.25) is 10.0 Å². The van der Waals surface area contributed by atoms with Gasteiger partial charge in [0.05, 0.1) is 17.2 Å². The number of sulfonamides is 1. The normalized spacial score (nSPS) is 18.9. The Hall–Kier alpha value is -1.75. The van der Waals surface area contributed by atoms with Gasteiger partial charge in [-0.05, 0) is 12.5 Å². The summed E-state index contributed by atoms with van der Waals surface area (Å²) in [4.78, 5) is 9.89. The number of non-ortho nitro benzene ring substituents is 1. The molecule has 0 spiro atoms. The van der Waals surface area contributed by atoms with Gasteiger partial charge in [0, 0.05) is 24.8 Å². The van der Waals surface area contributed by atoms with Crippen LogP contribution in [-0.2, 0) is 14.8 Å². The van der Waals surface area contributed by atoms with Crippen LogP contribution in [0.4, 0.5) is 11.4 Å². The molecule has 0 aliphatic carbocycles. The van der Waals surface area contributed by atoms with Crippen molar-refractivity contribution in [2.75, 3.05) is 18.6 Å². The number of nitro benzene ring substituents is 1. The Labute approximate surface area is 115 Å². The fourth-order valence-electron chi connectivity index (χ4n) is 1.89. The molecule has 1 heterocycles. The number of benzene rings is 1. The molecule has 0 amide bonds. The molecule has 10 heteroatoms. The lowest BCUT2D eigenvalue weighted by molar-refractivity contribution is -0.384. The number of nitrogens with zero attached hydrogens (tertiary/aromatic N) is 1. The topological polar surface area (TPSA) is 137 Å². The molecule has 110 valence electrons. The van der Waals surface area contributed by atoms with E-state index in [1.165, 1.54) is 0 Å². The molecular weight excluding hydrogens is 288 g/mol. The van der Waals surface area contributed by atoms with E-state index in [-0.39, 0.29) is 22.3 Å². The Kier molecular flexibility index (Phi) is 4.18. The second-order valence-electron chi connectivity index (χ2n) is 4.26. The average molecular weight is 302 g/mol. The van der Waals surface area contributed by atoms with Crippen molar-refractivity contribution < 1.29 is 18.1 Å². The lowest BCUT2D eigenvalue weighted by Crippen LogP contribution is -2.35. The summed E-state index contributed by atoms with van der Waals surface area (Å²) >= 11 is 0. The summed E-state index contributed by atoms with van der Waals surface area (Å²) in [5.41, 5.74) is 1.88. The molecule has 4 N–H and O–H groups in total. The number of rotatable bonds is 5. The maximum Gasteiger partial charge on any atom is 0.271 e. The lowest BCUT2D eigenvalue weighted by Gasteiger charge is -2.14. The van der Waals surface area contributed by atoms with Crippen molar-refractivity contribution in [3.05, 3.63) is 28.3 Å². The third kappa shape index (κ3) is 3.04. The zero-order valence-corrected chi connectivity index (χ0v) is 11.2. The van der Waals surface area contributed by atoms with Gasteiger partial charge < -0.3 is 10.2 Å². The van der Waals surface area contributed by atoms with Crippen molar-refractivity contribution in [2.24, 2.45) is 5.84 Å². The molecule has 1 aliphatic rings. The molecule has 0 radical (unpaired) electrons. The number of ether oxygens (including phenoxy) is 1. The molecule has 1 aliphatic heterocycles. The van der Waals surface area contributed by atoms with Crippen LogP contribution < -0.4 is 16.0 Å². The summed E-state index contributed by atoms with van der Waals surface area (Å²) in [5.74, 6) is 5.24. The lowest BCUT2D eigenvalue weighted by atomic mass is 10.3. The van der Waals surface area contributed by atoms with E-state index in [1.807, 2.05) is 0 Å². The van der Waals surface area contributed by atoms with E-state index in [0.717, 1.165) is 18.2 Å². The van der Waals surface area contributed by atoms with Gasteiger partial charge in [0.1, 0.15) is 4.90 Å². The van der Waals surface area contributed by atoms with Crippen LogP contribution in [-0.4, -0.2) is 32.6 Å². The molecule has 2 rings (SSSR count). The van der Waals surface area contributed by atoms with Gasteiger partial charge in [-0.2, -0.15) is 0 Å². The maximum absolute atomic E-state index is 12.2. The number of nitro groups is 1. The minimum Gasteiger partial charge on any atom is -0.380 e. The van der Waals surface area contributed by atoms with Gasteiger partial charge in [-0.1, -0.05) is 0 Å². The van der Waals surface area contributed by atoms with Crippen LogP contribution in [0.15, 0.2) is 23.1 Å². The molecular formula is C10H14N4O5S. The van der Waals surface area contributed by atoms with Crippen molar-refractivity contribution in [3.63, 3.8) is 0 Å². The first-order valence-electron chi connectivity index (χ1n) is 5.79. The Morgan fingerprint density at radius 1 is 1.45 bits per heavy atom. The molecule has 0 aromatic heterocycles. The summed E-state index contributed by atoms with van der Waals surface area (Å²) in [6, 6.07) is 3.02. The van der Waals surface area contributed by atoms with Crippen LogP contribution in [0, 0.1) is 10.1 Å². The van der Waals surface area contributed by atoms with E-state index in [1.54, 1.807) is 0 Å². The van der Waals surface area contributed by atoms with Crippen LogP contribution in [0.1, 0.15) is 6.42 Å². The molecule has 9 nitrogen and oxygen atoms in total. The summed E-state index contributed by atoms with van der Waals surface area (Å²) in [6.07, 6.45) is 0.581. The van der Waals surface area contributed by atoms with E-state index in [4.69, 9.17) is 10.6 Å². The molecule has 1 aromatic carbocycles. The fraction of sp³-hybridized carbons (Fsp3) is 0.400. The first kappa shape index (κ1) is 14.7. The van der Waals surface area contributed by atoms with Gasteiger partial charge in [0.15, 0.2) is 0 Å².